The quantitative estimate of drug-likeness (QED) is 0.0807. The van der Waals surface area contributed by atoms with Gasteiger partial charge in [0.15, 0.2) is 11.5 Å². The van der Waals surface area contributed by atoms with Crippen LogP contribution in [0.2, 0.25) is 0 Å². The van der Waals surface area contributed by atoms with Gasteiger partial charge in [0, 0.05) is 32.7 Å². The van der Waals surface area contributed by atoms with Crippen LogP contribution in [0, 0.1) is 0 Å². The Balaban J connectivity index is 0.000000254. The molecule has 0 radical (unpaired) electrons. The second-order valence-electron chi connectivity index (χ2n) is 17.7. The molecule has 70 heavy (non-hydrogen) atoms. The van der Waals surface area contributed by atoms with E-state index in [0.29, 0.717) is 21.5 Å². The Morgan fingerprint density at radius 1 is 0.371 bits per heavy atom. The summed E-state index contributed by atoms with van der Waals surface area (Å²) < 4.78 is 139. The summed E-state index contributed by atoms with van der Waals surface area (Å²) in [5.74, 6) is 0.312. The Kier molecular flexibility index (Phi) is 18.0. The van der Waals surface area contributed by atoms with Crippen LogP contribution in [0.25, 0.3) is 43.1 Å². The molecule has 8 rings (SSSR count). The van der Waals surface area contributed by atoms with Crippen LogP contribution < -0.4 is 67.5 Å². The zero-order valence-electron chi connectivity index (χ0n) is 40.5. The minimum absolute atomic E-state index is 0. The zero-order valence-corrected chi connectivity index (χ0v) is 47.8. The third kappa shape index (κ3) is 11.6. The van der Waals surface area contributed by atoms with Gasteiger partial charge in [0.05, 0.1) is 9.79 Å². The first-order chi connectivity index (χ1) is 31.8. The first kappa shape index (κ1) is 57.0. The van der Waals surface area contributed by atoms with Gasteiger partial charge in [-0.25, -0.2) is 16.8 Å². The molecule has 8 aromatic rings. The monoisotopic (exact) mass is 1040 g/mol. The fourth-order valence-corrected chi connectivity index (χ4v) is 13.6. The molecule has 0 aliphatic rings. The minimum Gasteiger partial charge on any atom is -0.744 e. The molecule has 356 valence electrons. The average molecular weight is 1040 g/mol. The smallest absolute Gasteiger partial charge is 0.744 e. The predicted molar refractivity (Wildman–Crippen MR) is 264 cm³/mol. The fraction of sp³-hybridized carbons (Fsp3) is 0.231. The van der Waals surface area contributed by atoms with Gasteiger partial charge in [0.1, 0.15) is 30.0 Å². The van der Waals surface area contributed by atoms with Gasteiger partial charge in [0.2, 0.25) is 0 Å². The molecule has 0 aromatic heterocycles. The molecule has 0 fully saturated rings. The molecule has 0 spiro atoms. The first-order valence-electron chi connectivity index (χ1n) is 21.8. The predicted octanol–water partition coefficient (Wildman–Crippen LogP) is 5.83. The maximum Gasteiger partial charge on any atom is 1.00 e. The maximum atomic E-state index is 13.8. The van der Waals surface area contributed by atoms with Crippen molar-refractivity contribution in [3.63, 3.8) is 0 Å². The molecule has 8 aromatic carbocycles. The van der Waals surface area contributed by atoms with Gasteiger partial charge in [-0.05, 0) is 68.5 Å². The molecule has 0 saturated heterocycles. The number of benzene rings is 8. The van der Waals surface area contributed by atoms with Crippen molar-refractivity contribution in [2.45, 2.75) is 98.6 Å². The number of rotatable bonds is 12. The largest absolute Gasteiger partial charge is 1.00 e. The first-order valence-corrected chi connectivity index (χ1v) is 27.4. The Hall–Kier alpha value is -3.88. The van der Waals surface area contributed by atoms with Crippen LogP contribution in [0.5, 0.6) is 11.5 Å². The summed E-state index contributed by atoms with van der Waals surface area (Å²) in [5.41, 5.74) is 3.33. The Labute approximate surface area is 455 Å². The number of fused-ring (bicyclic) bond motifs is 4. The SMILES string of the molecule is CC(C)c1cc2ccccc2c(OS(=O)(=O)c2c(S(=O)(=O)[O-])ccc3ccccc23)c1C(C)C.CC(C)c1cc2ccccc2c(OS(=O)(=O)c2c(S(=O)(=O)[O-])ccc3ccccc23)c1C(C)C.[Na+].[Na+]. The van der Waals surface area contributed by atoms with Crippen LogP contribution >= 0.6 is 0 Å². The molecule has 0 saturated carbocycles. The minimum atomic E-state index is -5.10. The van der Waals surface area contributed by atoms with E-state index in [1.807, 2.05) is 91.8 Å². The molecule has 0 bridgehead atoms. The summed E-state index contributed by atoms with van der Waals surface area (Å²) in [6.45, 7) is 15.8. The third-order valence-corrected chi connectivity index (χ3v) is 16.3. The molecule has 18 heteroatoms. The van der Waals surface area contributed by atoms with Gasteiger partial charge in [-0.15, -0.1) is 0 Å². The zero-order chi connectivity index (χ0) is 49.7. The standard InChI is InChI=1S/2C26H26O6S2.2Na/c2*1-16(2)22-15-19-10-6-7-11-20(19)25(24(22)17(3)4)32-34(30,31)26-21-12-8-5-9-18(21)13-14-23(26)33(27,28)29;;/h2*5-17H,1-4H3,(H,27,28,29);;/q;;2*+1/p-2. The van der Waals surface area contributed by atoms with E-state index in [9.17, 15) is 42.8 Å². The van der Waals surface area contributed by atoms with Gasteiger partial charge < -0.3 is 17.5 Å². The van der Waals surface area contributed by atoms with E-state index in [0.717, 1.165) is 45.2 Å². The average Bonchev–Trinajstić information content (AvgIpc) is 3.27. The van der Waals surface area contributed by atoms with Crippen LogP contribution in [-0.2, 0) is 40.5 Å². The summed E-state index contributed by atoms with van der Waals surface area (Å²) >= 11 is 0. The normalized spacial score (nSPS) is 12.3. The van der Waals surface area contributed by atoms with Gasteiger partial charge in [-0.1, -0.05) is 177 Å². The van der Waals surface area contributed by atoms with Gasteiger partial charge in [-0.2, -0.15) is 16.8 Å². The van der Waals surface area contributed by atoms with E-state index in [-0.39, 0.29) is 105 Å². The number of hydrogen-bond acceptors (Lipinski definition) is 12. The summed E-state index contributed by atoms with van der Waals surface area (Å²) in [7, 11) is -19.6. The van der Waals surface area contributed by atoms with Crippen LogP contribution in [0.15, 0.2) is 153 Å². The van der Waals surface area contributed by atoms with Crippen LogP contribution in [0.3, 0.4) is 0 Å². The second kappa shape index (κ2) is 22.1. The number of hydrogen-bond donors (Lipinski definition) is 0. The fourth-order valence-electron chi connectivity index (χ4n) is 8.69. The summed E-state index contributed by atoms with van der Waals surface area (Å²) in [6.07, 6.45) is 0. The van der Waals surface area contributed by atoms with E-state index in [1.165, 1.54) is 24.3 Å². The van der Waals surface area contributed by atoms with Gasteiger partial charge >= 0.3 is 79.4 Å². The Morgan fingerprint density at radius 2 is 0.657 bits per heavy atom. The molecular weight excluding hydrogens is 991 g/mol. The van der Waals surface area contributed by atoms with Crippen molar-refractivity contribution in [3.05, 3.63) is 156 Å². The molecule has 0 heterocycles. The van der Waals surface area contributed by atoms with E-state index in [2.05, 4.69) is 0 Å². The molecule has 0 atom stereocenters. The molecule has 0 amide bonds. The van der Waals surface area contributed by atoms with E-state index in [1.54, 1.807) is 60.7 Å². The van der Waals surface area contributed by atoms with Crippen molar-refractivity contribution in [1.82, 2.24) is 0 Å². The van der Waals surface area contributed by atoms with Crippen molar-refractivity contribution < 1.29 is 110 Å². The summed E-state index contributed by atoms with van der Waals surface area (Å²) in [6, 6.07) is 36.2. The van der Waals surface area contributed by atoms with Crippen LogP contribution in [0.4, 0.5) is 0 Å². The second-order valence-corrected chi connectivity index (χ2v) is 23.4. The van der Waals surface area contributed by atoms with Crippen LogP contribution in [0.1, 0.15) is 101 Å². The van der Waals surface area contributed by atoms with Crippen molar-refractivity contribution in [2.75, 3.05) is 0 Å². The van der Waals surface area contributed by atoms with Crippen LogP contribution in [-0.4, -0.2) is 42.8 Å². The molecular formula is C52H50Na2O12S4. The molecule has 0 aliphatic heterocycles. The third-order valence-electron chi connectivity index (χ3n) is 11.7. The van der Waals surface area contributed by atoms with Crippen molar-refractivity contribution in [2.24, 2.45) is 0 Å². The van der Waals surface area contributed by atoms with E-state index < -0.39 is 60.1 Å². The van der Waals surface area contributed by atoms with Crippen molar-refractivity contribution >= 4 is 83.6 Å². The molecule has 0 N–H and O–H groups in total. The van der Waals surface area contributed by atoms with E-state index >= 15 is 0 Å². The van der Waals surface area contributed by atoms with Crippen molar-refractivity contribution in [3.8, 4) is 11.5 Å². The molecule has 0 aliphatic carbocycles. The van der Waals surface area contributed by atoms with E-state index in [4.69, 9.17) is 8.37 Å². The maximum absolute atomic E-state index is 13.8. The Bertz CT molecular complexity index is 3500. The molecule has 12 nitrogen and oxygen atoms in total. The summed E-state index contributed by atoms with van der Waals surface area (Å²) in [4.78, 5) is -2.95. The summed E-state index contributed by atoms with van der Waals surface area (Å²) in [5, 5.41) is 3.94. The van der Waals surface area contributed by atoms with Gasteiger partial charge in [0.25, 0.3) is 0 Å². The van der Waals surface area contributed by atoms with Gasteiger partial charge in [-0.3, -0.25) is 0 Å². The molecule has 0 unspecified atom stereocenters. The van der Waals surface area contributed by atoms with Crippen molar-refractivity contribution in [1.29, 1.82) is 0 Å². The topological polar surface area (TPSA) is 201 Å². The Morgan fingerprint density at radius 3 is 0.943 bits per heavy atom.